The van der Waals surface area contributed by atoms with Crippen molar-refractivity contribution >= 4 is 12.4 Å². The summed E-state index contributed by atoms with van der Waals surface area (Å²) >= 11 is 0. The Labute approximate surface area is 142 Å². The molecule has 0 fully saturated rings. The van der Waals surface area contributed by atoms with Crippen LogP contribution in [0.4, 0.5) is 0 Å². The summed E-state index contributed by atoms with van der Waals surface area (Å²) in [5, 5.41) is 0. The third-order valence-corrected chi connectivity index (χ3v) is 4.01. The zero-order chi connectivity index (χ0) is 17.5. The van der Waals surface area contributed by atoms with Gasteiger partial charge < -0.3 is 4.74 Å². The monoisotopic (exact) mass is 323 g/mol. The Balaban J connectivity index is 0.000000647. The van der Waals surface area contributed by atoms with Crippen LogP contribution in [0.5, 0.6) is 11.5 Å². The zero-order valence-corrected chi connectivity index (χ0v) is 14.2. The predicted octanol–water partition coefficient (Wildman–Crippen LogP) is 4.20. The lowest BCUT2D eigenvalue weighted by Crippen LogP contribution is -2.21. The number of aliphatic imine (C=N–C) groups is 1. The summed E-state index contributed by atoms with van der Waals surface area (Å²) < 4.78 is 6.03. The van der Waals surface area contributed by atoms with Crippen LogP contribution in [0, 0.1) is 12.8 Å². The molecule has 0 saturated carbocycles. The highest BCUT2D eigenvalue weighted by Gasteiger charge is 2.19. The van der Waals surface area contributed by atoms with E-state index < -0.39 is 0 Å². The zero-order valence-electron chi connectivity index (χ0n) is 14.2. The van der Waals surface area contributed by atoms with Crippen molar-refractivity contribution in [2.24, 2.45) is 10.9 Å². The molecule has 1 aliphatic heterocycles. The van der Waals surface area contributed by atoms with Crippen LogP contribution in [0.15, 0.2) is 47.5 Å². The number of rotatable bonds is 3. The summed E-state index contributed by atoms with van der Waals surface area (Å²) in [5.74, 6) is 2.39. The summed E-state index contributed by atoms with van der Waals surface area (Å²) in [7, 11) is 0. The Bertz CT molecular complexity index is 745. The van der Waals surface area contributed by atoms with Gasteiger partial charge in [0, 0.05) is 6.21 Å². The van der Waals surface area contributed by atoms with E-state index in [9.17, 15) is 0 Å². The molecule has 124 valence electrons. The van der Waals surface area contributed by atoms with E-state index in [4.69, 9.17) is 14.3 Å². The van der Waals surface area contributed by atoms with Gasteiger partial charge in [0.05, 0.1) is 6.04 Å². The van der Waals surface area contributed by atoms with Crippen LogP contribution < -0.4 is 4.74 Å². The van der Waals surface area contributed by atoms with Gasteiger partial charge in [0.2, 0.25) is 0 Å². The number of carbonyl (C=O) groups excluding carboxylic acids is 2. The molecule has 1 atom stereocenters. The SMILES string of the molecule is Cc1cc2c(cc1Oc1ccccc1)CC(C(C)C)N=C2.O=C=O. The van der Waals surface area contributed by atoms with Gasteiger partial charge in [0.25, 0.3) is 0 Å². The molecule has 0 saturated heterocycles. The van der Waals surface area contributed by atoms with E-state index in [2.05, 4.69) is 37.9 Å². The van der Waals surface area contributed by atoms with Crippen LogP contribution in [-0.2, 0) is 16.0 Å². The van der Waals surface area contributed by atoms with Crippen molar-refractivity contribution in [3.63, 3.8) is 0 Å². The summed E-state index contributed by atoms with van der Waals surface area (Å²) in [6, 6.07) is 14.7. The smallest absolute Gasteiger partial charge is 0.373 e. The second kappa shape index (κ2) is 8.23. The average molecular weight is 323 g/mol. The van der Waals surface area contributed by atoms with Gasteiger partial charge in [-0.3, -0.25) is 4.99 Å². The normalized spacial score (nSPS) is 15.1. The highest BCUT2D eigenvalue weighted by Crippen LogP contribution is 2.30. The quantitative estimate of drug-likeness (QED) is 0.850. The Morgan fingerprint density at radius 3 is 2.46 bits per heavy atom. The van der Waals surface area contributed by atoms with Gasteiger partial charge in [0.15, 0.2) is 0 Å². The Morgan fingerprint density at radius 2 is 1.83 bits per heavy atom. The van der Waals surface area contributed by atoms with E-state index in [0.717, 1.165) is 23.5 Å². The van der Waals surface area contributed by atoms with E-state index in [0.29, 0.717) is 12.0 Å². The molecular formula is C20H21NO3. The number of benzene rings is 2. The Kier molecular flexibility index (Phi) is 6.05. The van der Waals surface area contributed by atoms with E-state index in [-0.39, 0.29) is 6.15 Å². The van der Waals surface area contributed by atoms with Crippen LogP contribution in [0.25, 0.3) is 0 Å². The third kappa shape index (κ3) is 4.40. The van der Waals surface area contributed by atoms with Crippen LogP contribution in [0.3, 0.4) is 0 Å². The second-order valence-corrected chi connectivity index (χ2v) is 6.11. The molecule has 24 heavy (non-hydrogen) atoms. The number of ether oxygens (including phenoxy) is 1. The first-order valence-corrected chi connectivity index (χ1v) is 7.94. The molecule has 0 N–H and O–H groups in total. The van der Waals surface area contributed by atoms with Crippen molar-refractivity contribution in [1.82, 2.24) is 0 Å². The van der Waals surface area contributed by atoms with Gasteiger partial charge >= 0.3 is 6.15 Å². The van der Waals surface area contributed by atoms with Crippen molar-refractivity contribution in [3.8, 4) is 11.5 Å². The topological polar surface area (TPSA) is 55.7 Å². The molecule has 0 amide bonds. The maximum absolute atomic E-state index is 8.12. The lowest BCUT2D eigenvalue weighted by Gasteiger charge is -2.23. The molecular weight excluding hydrogens is 302 g/mol. The van der Waals surface area contributed by atoms with Crippen LogP contribution in [0.1, 0.15) is 30.5 Å². The molecule has 2 aromatic carbocycles. The van der Waals surface area contributed by atoms with Gasteiger partial charge in [-0.2, -0.15) is 9.59 Å². The number of hydrogen-bond donors (Lipinski definition) is 0. The fraction of sp³-hybridized carbons (Fsp3) is 0.300. The van der Waals surface area contributed by atoms with Crippen molar-refractivity contribution in [1.29, 1.82) is 0 Å². The summed E-state index contributed by atoms with van der Waals surface area (Å²) in [4.78, 5) is 20.9. The van der Waals surface area contributed by atoms with E-state index in [1.54, 1.807) is 0 Å². The third-order valence-electron chi connectivity index (χ3n) is 4.01. The fourth-order valence-electron chi connectivity index (χ4n) is 2.64. The van der Waals surface area contributed by atoms with Gasteiger partial charge in [-0.25, -0.2) is 0 Å². The van der Waals surface area contributed by atoms with Crippen molar-refractivity contribution in [2.75, 3.05) is 0 Å². The van der Waals surface area contributed by atoms with Crippen LogP contribution in [-0.4, -0.2) is 18.4 Å². The van der Waals surface area contributed by atoms with Gasteiger partial charge in [0.1, 0.15) is 11.5 Å². The minimum Gasteiger partial charge on any atom is -0.457 e. The molecule has 2 aromatic rings. The molecule has 3 rings (SSSR count). The number of nitrogens with zero attached hydrogens (tertiary/aromatic N) is 1. The highest BCUT2D eigenvalue weighted by atomic mass is 16.5. The minimum atomic E-state index is 0.250. The summed E-state index contributed by atoms with van der Waals surface area (Å²) in [6.45, 7) is 6.53. The first-order valence-electron chi connectivity index (χ1n) is 7.94. The van der Waals surface area contributed by atoms with Crippen molar-refractivity contribution in [2.45, 2.75) is 33.2 Å². The second-order valence-electron chi connectivity index (χ2n) is 6.11. The molecule has 1 unspecified atom stereocenters. The molecule has 0 bridgehead atoms. The molecule has 0 aromatic heterocycles. The number of para-hydroxylation sites is 1. The number of fused-ring (bicyclic) bond motifs is 1. The lowest BCUT2D eigenvalue weighted by atomic mass is 9.91. The Morgan fingerprint density at radius 1 is 1.17 bits per heavy atom. The molecule has 0 radical (unpaired) electrons. The standard InChI is InChI=1S/C19H21NO.CO2/c1-13(2)18-10-15-11-19(14(3)9-16(15)12-20-18)21-17-7-5-4-6-8-17;2-1-3/h4-9,11-13,18H,10H2,1-3H3;. The van der Waals surface area contributed by atoms with Gasteiger partial charge in [-0.1, -0.05) is 32.0 Å². The van der Waals surface area contributed by atoms with Gasteiger partial charge in [-0.15, -0.1) is 0 Å². The first-order chi connectivity index (χ1) is 11.5. The lowest BCUT2D eigenvalue weighted by molar-refractivity contribution is -0.191. The highest BCUT2D eigenvalue weighted by molar-refractivity contribution is 5.84. The van der Waals surface area contributed by atoms with Crippen molar-refractivity contribution < 1.29 is 14.3 Å². The maximum Gasteiger partial charge on any atom is 0.373 e. The predicted molar refractivity (Wildman–Crippen MR) is 92.6 cm³/mol. The van der Waals surface area contributed by atoms with E-state index >= 15 is 0 Å². The van der Waals surface area contributed by atoms with Gasteiger partial charge in [-0.05, 0) is 60.2 Å². The molecule has 1 heterocycles. The first kappa shape index (κ1) is 17.6. The molecule has 0 aliphatic carbocycles. The van der Waals surface area contributed by atoms with E-state index in [1.807, 2.05) is 36.5 Å². The summed E-state index contributed by atoms with van der Waals surface area (Å²) in [5.41, 5.74) is 3.71. The maximum atomic E-state index is 8.12. The van der Waals surface area contributed by atoms with Crippen LogP contribution in [0.2, 0.25) is 0 Å². The van der Waals surface area contributed by atoms with Crippen molar-refractivity contribution in [3.05, 3.63) is 59.2 Å². The molecule has 4 nitrogen and oxygen atoms in total. The number of hydrogen-bond acceptors (Lipinski definition) is 4. The average Bonchev–Trinajstić information content (AvgIpc) is 2.57. The largest absolute Gasteiger partial charge is 0.457 e. The molecule has 0 spiro atoms. The molecule has 4 heteroatoms. The number of aryl methyl sites for hydroxylation is 1. The van der Waals surface area contributed by atoms with Crippen LogP contribution >= 0.6 is 0 Å². The fourth-order valence-corrected chi connectivity index (χ4v) is 2.64. The summed E-state index contributed by atoms with van der Waals surface area (Å²) in [6.07, 6.45) is 3.26. The van der Waals surface area contributed by atoms with E-state index in [1.165, 1.54) is 11.1 Å². The Hall–Kier alpha value is -2.71. The molecule has 1 aliphatic rings. The minimum absolute atomic E-state index is 0.250.